The van der Waals surface area contributed by atoms with E-state index in [-0.39, 0.29) is 18.2 Å². The quantitative estimate of drug-likeness (QED) is 0.877. The molecule has 1 heterocycles. The lowest BCUT2D eigenvalue weighted by atomic mass is 9.90. The van der Waals surface area contributed by atoms with Gasteiger partial charge < -0.3 is 10.0 Å². The number of amides is 1. The van der Waals surface area contributed by atoms with E-state index >= 15 is 0 Å². The van der Waals surface area contributed by atoms with Crippen molar-refractivity contribution in [3.63, 3.8) is 0 Å². The Morgan fingerprint density at radius 3 is 2.68 bits per heavy atom. The van der Waals surface area contributed by atoms with Crippen LogP contribution in [0.3, 0.4) is 0 Å². The van der Waals surface area contributed by atoms with Gasteiger partial charge in [-0.15, -0.1) is 0 Å². The minimum absolute atomic E-state index is 0.0839. The number of carboxylic acid groups (broad SMARTS) is 1. The molecule has 1 aliphatic heterocycles. The zero-order chi connectivity index (χ0) is 15.9. The van der Waals surface area contributed by atoms with Crippen LogP contribution in [0.15, 0.2) is 30.3 Å². The molecule has 0 spiro atoms. The van der Waals surface area contributed by atoms with Crippen molar-refractivity contribution < 1.29 is 14.7 Å². The van der Waals surface area contributed by atoms with E-state index in [9.17, 15) is 9.59 Å². The van der Waals surface area contributed by atoms with Gasteiger partial charge in [0, 0.05) is 19.5 Å². The van der Waals surface area contributed by atoms with Gasteiger partial charge in [0.1, 0.15) is 0 Å². The van der Waals surface area contributed by atoms with Gasteiger partial charge in [0.25, 0.3) is 0 Å². The smallest absolute Gasteiger partial charge is 0.303 e. The van der Waals surface area contributed by atoms with E-state index in [1.165, 1.54) is 0 Å². The number of carboxylic acids is 1. The largest absolute Gasteiger partial charge is 0.481 e. The summed E-state index contributed by atoms with van der Waals surface area (Å²) in [5.41, 5.74) is 1.07. The first-order valence-electron chi connectivity index (χ1n) is 8.17. The third kappa shape index (κ3) is 4.33. The molecule has 4 nitrogen and oxygen atoms in total. The molecule has 120 valence electrons. The lowest BCUT2D eigenvalue weighted by Gasteiger charge is -2.35. The molecule has 1 amide bonds. The third-order valence-electron chi connectivity index (χ3n) is 4.51. The molecule has 1 aromatic carbocycles. The van der Waals surface area contributed by atoms with E-state index in [0.29, 0.717) is 18.9 Å². The number of carbonyl (C=O) groups excluding carboxylic acids is 1. The van der Waals surface area contributed by atoms with Crippen LogP contribution < -0.4 is 0 Å². The lowest BCUT2D eigenvalue weighted by Crippen LogP contribution is -2.42. The first-order chi connectivity index (χ1) is 10.6. The molecule has 1 aromatic rings. The maximum Gasteiger partial charge on any atom is 0.303 e. The first-order valence-corrected chi connectivity index (χ1v) is 8.17. The first kappa shape index (κ1) is 16.5. The van der Waals surface area contributed by atoms with Gasteiger partial charge in [-0.1, -0.05) is 37.3 Å². The SMILES string of the molecule is CCC(C(=O)N1CCCC(CCC(=O)O)C1)c1ccccc1. The number of hydrogen-bond donors (Lipinski definition) is 1. The van der Waals surface area contributed by atoms with Crippen LogP contribution in [-0.2, 0) is 9.59 Å². The van der Waals surface area contributed by atoms with Crippen LogP contribution in [0.4, 0.5) is 0 Å². The van der Waals surface area contributed by atoms with Crippen molar-refractivity contribution in [2.75, 3.05) is 13.1 Å². The van der Waals surface area contributed by atoms with Crippen LogP contribution in [-0.4, -0.2) is 35.0 Å². The van der Waals surface area contributed by atoms with Gasteiger partial charge >= 0.3 is 5.97 Å². The minimum atomic E-state index is -0.751. The minimum Gasteiger partial charge on any atom is -0.481 e. The maximum atomic E-state index is 12.8. The van der Waals surface area contributed by atoms with Gasteiger partial charge in [-0.05, 0) is 37.2 Å². The number of hydrogen-bond acceptors (Lipinski definition) is 2. The Bertz CT molecular complexity index is 500. The summed E-state index contributed by atoms with van der Waals surface area (Å²) in [5.74, 6) is -0.325. The fraction of sp³-hybridized carbons (Fsp3) is 0.556. The van der Waals surface area contributed by atoms with Crippen molar-refractivity contribution >= 4 is 11.9 Å². The molecule has 1 saturated heterocycles. The Morgan fingerprint density at radius 1 is 1.32 bits per heavy atom. The second kappa shape index (κ2) is 7.97. The number of nitrogens with zero attached hydrogens (tertiary/aromatic N) is 1. The molecular formula is C18H25NO3. The van der Waals surface area contributed by atoms with Gasteiger partial charge in [0.15, 0.2) is 0 Å². The predicted molar refractivity (Wildman–Crippen MR) is 85.6 cm³/mol. The maximum absolute atomic E-state index is 12.8. The zero-order valence-corrected chi connectivity index (χ0v) is 13.2. The molecule has 0 aliphatic carbocycles. The van der Waals surface area contributed by atoms with E-state index in [1.807, 2.05) is 42.2 Å². The number of rotatable bonds is 6. The standard InChI is InChI=1S/C18H25NO3/c1-2-16(15-8-4-3-5-9-15)18(22)19-12-6-7-14(13-19)10-11-17(20)21/h3-5,8-9,14,16H,2,6-7,10-13H2,1H3,(H,20,21). The fourth-order valence-electron chi connectivity index (χ4n) is 3.29. The monoisotopic (exact) mass is 303 g/mol. The molecule has 1 fully saturated rings. The van der Waals surface area contributed by atoms with Crippen LogP contribution in [0.5, 0.6) is 0 Å². The average Bonchev–Trinajstić information content (AvgIpc) is 2.55. The third-order valence-corrected chi connectivity index (χ3v) is 4.51. The summed E-state index contributed by atoms with van der Waals surface area (Å²) in [7, 11) is 0. The Kier molecular flexibility index (Phi) is 5.99. The Balaban J connectivity index is 1.99. The normalized spacial score (nSPS) is 19.7. The summed E-state index contributed by atoms with van der Waals surface area (Å²) >= 11 is 0. The van der Waals surface area contributed by atoms with E-state index in [2.05, 4.69) is 0 Å². The molecule has 2 unspecified atom stereocenters. The summed E-state index contributed by atoms with van der Waals surface area (Å²) in [6, 6.07) is 9.92. The summed E-state index contributed by atoms with van der Waals surface area (Å²) in [4.78, 5) is 25.5. The highest BCUT2D eigenvalue weighted by Crippen LogP contribution is 2.27. The molecule has 1 aliphatic rings. The molecule has 0 saturated carbocycles. The van der Waals surface area contributed by atoms with E-state index in [1.54, 1.807) is 0 Å². The van der Waals surface area contributed by atoms with E-state index in [4.69, 9.17) is 5.11 Å². The molecule has 0 bridgehead atoms. The van der Waals surface area contributed by atoms with Crippen molar-refractivity contribution in [3.05, 3.63) is 35.9 Å². The van der Waals surface area contributed by atoms with Crippen molar-refractivity contribution in [1.29, 1.82) is 0 Å². The predicted octanol–water partition coefficient (Wildman–Crippen LogP) is 3.28. The molecular weight excluding hydrogens is 278 g/mol. The average molecular weight is 303 g/mol. The molecule has 22 heavy (non-hydrogen) atoms. The van der Waals surface area contributed by atoms with Crippen molar-refractivity contribution in [1.82, 2.24) is 4.90 Å². The van der Waals surface area contributed by atoms with Gasteiger partial charge in [0.2, 0.25) is 5.91 Å². The van der Waals surface area contributed by atoms with Gasteiger partial charge in [0.05, 0.1) is 5.92 Å². The Hall–Kier alpha value is -1.84. The van der Waals surface area contributed by atoms with Crippen molar-refractivity contribution in [2.24, 2.45) is 5.92 Å². The summed E-state index contributed by atoms with van der Waals surface area (Å²) in [6.45, 7) is 3.54. The Morgan fingerprint density at radius 2 is 2.05 bits per heavy atom. The number of aliphatic carboxylic acids is 1. The van der Waals surface area contributed by atoms with Gasteiger partial charge in [-0.3, -0.25) is 9.59 Å². The number of benzene rings is 1. The summed E-state index contributed by atoms with van der Waals surface area (Å²) < 4.78 is 0. The van der Waals surface area contributed by atoms with Gasteiger partial charge in [-0.2, -0.15) is 0 Å². The molecule has 4 heteroatoms. The lowest BCUT2D eigenvalue weighted by molar-refractivity contribution is -0.137. The zero-order valence-electron chi connectivity index (χ0n) is 13.2. The highest BCUT2D eigenvalue weighted by atomic mass is 16.4. The molecule has 2 rings (SSSR count). The van der Waals surface area contributed by atoms with Crippen LogP contribution >= 0.6 is 0 Å². The fourth-order valence-corrected chi connectivity index (χ4v) is 3.29. The van der Waals surface area contributed by atoms with E-state index < -0.39 is 5.97 Å². The number of piperidine rings is 1. The molecule has 2 atom stereocenters. The second-order valence-electron chi connectivity index (χ2n) is 6.10. The van der Waals surface area contributed by atoms with Crippen molar-refractivity contribution in [3.8, 4) is 0 Å². The van der Waals surface area contributed by atoms with Crippen molar-refractivity contribution in [2.45, 2.75) is 44.9 Å². The number of likely N-dealkylation sites (tertiary alicyclic amines) is 1. The number of carbonyl (C=O) groups is 2. The van der Waals surface area contributed by atoms with E-state index in [0.717, 1.165) is 31.4 Å². The van der Waals surface area contributed by atoms with Crippen LogP contribution in [0, 0.1) is 5.92 Å². The highest BCUT2D eigenvalue weighted by Gasteiger charge is 2.28. The second-order valence-corrected chi connectivity index (χ2v) is 6.10. The topological polar surface area (TPSA) is 57.6 Å². The molecule has 1 N–H and O–H groups in total. The summed E-state index contributed by atoms with van der Waals surface area (Å²) in [6.07, 6.45) is 3.66. The van der Waals surface area contributed by atoms with Crippen LogP contribution in [0.25, 0.3) is 0 Å². The van der Waals surface area contributed by atoms with Crippen LogP contribution in [0.2, 0.25) is 0 Å². The molecule has 0 aromatic heterocycles. The molecule has 0 radical (unpaired) electrons. The Labute approximate surface area is 132 Å². The van der Waals surface area contributed by atoms with Gasteiger partial charge in [-0.25, -0.2) is 0 Å². The highest BCUT2D eigenvalue weighted by molar-refractivity contribution is 5.83. The van der Waals surface area contributed by atoms with Crippen LogP contribution in [0.1, 0.15) is 50.5 Å². The summed E-state index contributed by atoms with van der Waals surface area (Å²) in [5, 5.41) is 8.81.